The zero-order valence-electron chi connectivity index (χ0n) is 22.9. The average molecular weight is 656 g/mol. The first kappa shape index (κ1) is 27.7. The number of rotatable bonds is 6. The van der Waals surface area contributed by atoms with Crippen molar-refractivity contribution in [2.24, 2.45) is 23.7 Å². The monoisotopic (exact) mass is 654 g/mol. The SMILES string of the molecule is Cc1c(Cl)ccc2c(C(=O)OCC(=O)c3ccc(Br)cc3)cc(-c3ccc(N4C(=O)C5C6C=CC(C6)C5C4=O)cc3)nc12. The maximum atomic E-state index is 13.4. The number of allylic oxidation sites excluding steroid dienone is 2. The number of carbonyl (C=O) groups is 4. The first-order chi connectivity index (χ1) is 20.7. The van der Waals surface area contributed by atoms with Gasteiger partial charge in [-0.15, -0.1) is 0 Å². The second-order valence-corrected chi connectivity index (χ2v) is 12.5. The third-order valence-electron chi connectivity index (χ3n) is 8.78. The van der Waals surface area contributed by atoms with E-state index in [1.54, 1.807) is 66.7 Å². The third kappa shape index (κ3) is 4.60. The van der Waals surface area contributed by atoms with Crippen LogP contribution < -0.4 is 4.90 Å². The number of esters is 1. The molecule has 1 saturated carbocycles. The van der Waals surface area contributed by atoms with Crippen LogP contribution in [0.5, 0.6) is 0 Å². The lowest BCUT2D eigenvalue weighted by atomic mass is 9.85. The molecule has 2 heterocycles. The molecule has 43 heavy (non-hydrogen) atoms. The van der Waals surface area contributed by atoms with Crippen molar-refractivity contribution >= 4 is 67.7 Å². The molecule has 0 radical (unpaired) electrons. The van der Waals surface area contributed by atoms with Crippen LogP contribution in [0.2, 0.25) is 5.02 Å². The van der Waals surface area contributed by atoms with Crippen LogP contribution in [0.1, 0.15) is 32.7 Å². The zero-order valence-corrected chi connectivity index (χ0v) is 25.3. The fourth-order valence-electron chi connectivity index (χ4n) is 6.59. The van der Waals surface area contributed by atoms with E-state index in [9.17, 15) is 19.2 Å². The molecule has 2 aliphatic carbocycles. The highest BCUT2D eigenvalue weighted by Gasteiger charge is 2.59. The maximum Gasteiger partial charge on any atom is 0.339 e. The topological polar surface area (TPSA) is 93.6 Å². The Morgan fingerprint density at radius 2 is 1.60 bits per heavy atom. The Kier molecular flexibility index (Phi) is 6.78. The molecule has 1 saturated heterocycles. The molecule has 1 aliphatic heterocycles. The van der Waals surface area contributed by atoms with E-state index in [2.05, 4.69) is 28.1 Å². The first-order valence-electron chi connectivity index (χ1n) is 13.9. The van der Waals surface area contributed by atoms with Gasteiger partial charge in [-0.3, -0.25) is 19.3 Å². The minimum Gasteiger partial charge on any atom is -0.454 e. The lowest BCUT2D eigenvalue weighted by Gasteiger charge is -2.18. The van der Waals surface area contributed by atoms with Crippen LogP contribution in [0.15, 0.2) is 83.4 Å². The van der Waals surface area contributed by atoms with Gasteiger partial charge in [-0.2, -0.15) is 0 Å². The second kappa shape index (κ2) is 10.5. The number of fused-ring (bicyclic) bond motifs is 6. The highest BCUT2D eigenvalue weighted by atomic mass is 79.9. The van der Waals surface area contributed by atoms with Crippen LogP contribution in [0, 0.1) is 30.6 Å². The fraction of sp³-hybridized carbons (Fsp3) is 0.206. The van der Waals surface area contributed by atoms with Gasteiger partial charge in [0.1, 0.15) is 0 Å². The van der Waals surface area contributed by atoms with E-state index in [-0.39, 0.29) is 46.8 Å². The molecule has 4 aromatic rings. The number of benzene rings is 3. The minimum absolute atomic E-state index is 0.135. The number of imide groups is 1. The number of ether oxygens (including phenoxy) is 1. The molecule has 7 nitrogen and oxygen atoms in total. The first-order valence-corrected chi connectivity index (χ1v) is 15.1. The Hall–Kier alpha value is -4.14. The number of halogens is 2. The van der Waals surface area contributed by atoms with Gasteiger partial charge >= 0.3 is 5.97 Å². The zero-order chi connectivity index (χ0) is 30.0. The van der Waals surface area contributed by atoms with Gasteiger partial charge in [0.05, 0.1) is 34.3 Å². The number of hydrogen-bond donors (Lipinski definition) is 0. The Bertz CT molecular complexity index is 1860. The van der Waals surface area contributed by atoms with E-state index in [4.69, 9.17) is 21.3 Å². The van der Waals surface area contributed by atoms with Crippen molar-refractivity contribution in [3.63, 3.8) is 0 Å². The van der Waals surface area contributed by atoms with Crippen molar-refractivity contribution in [2.45, 2.75) is 13.3 Å². The molecule has 7 rings (SSSR count). The number of hydrogen-bond acceptors (Lipinski definition) is 6. The Morgan fingerprint density at radius 1 is 0.953 bits per heavy atom. The summed E-state index contributed by atoms with van der Waals surface area (Å²) in [7, 11) is 0. The Labute approximate surface area is 260 Å². The molecule has 3 aromatic carbocycles. The number of Topliss-reactive ketones (excluding diaryl/α,β-unsaturated/α-hetero) is 1. The van der Waals surface area contributed by atoms with Crippen LogP contribution >= 0.6 is 27.5 Å². The Morgan fingerprint density at radius 3 is 2.26 bits per heavy atom. The van der Waals surface area contributed by atoms with Gasteiger partial charge in [0.15, 0.2) is 12.4 Å². The summed E-state index contributed by atoms with van der Waals surface area (Å²) in [5.41, 5.74) is 3.56. The van der Waals surface area contributed by atoms with E-state index in [0.29, 0.717) is 44.0 Å². The number of pyridine rings is 1. The number of aryl methyl sites for hydroxylation is 1. The normalized spacial score (nSPS) is 22.0. The van der Waals surface area contributed by atoms with Crippen molar-refractivity contribution in [3.05, 3.63) is 105 Å². The summed E-state index contributed by atoms with van der Waals surface area (Å²) in [6, 6.07) is 18.8. The van der Waals surface area contributed by atoms with Crippen molar-refractivity contribution in [1.29, 1.82) is 0 Å². The Balaban J connectivity index is 1.19. The van der Waals surface area contributed by atoms with Gasteiger partial charge in [-0.25, -0.2) is 9.78 Å². The lowest BCUT2D eigenvalue weighted by Crippen LogP contribution is -2.32. The smallest absolute Gasteiger partial charge is 0.339 e. The number of anilines is 1. The van der Waals surface area contributed by atoms with E-state index in [1.807, 2.05) is 6.92 Å². The van der Waals surface area contributed by atoms with Gasteiger partial charge in [0.2, 0.25) is 11.8 Å². The van der Waals surface area contributed by atoms with E-state index in [0.717, 1.165) is 10.9 Å². The van der Waals surface area contributed by atoms with Crippen molar-refractivity contribution in [2.75, 3.05) is 11.5 Å². The largest absolute Gasteiger partial charge is 0.454 e. The van der Waals surface area contributed by atoms with Crippen LogP contribution in [0.3, 0.4) is 0 Å². The average Bonchev–Trinajstić information content (AvgIpc) is 3.71. The van der Waals surface area contributed by atoms with Gasteiger partial charge in [-0.05, 0) is 67.1 Å². The van der Waals surface area contributed by atoms with E-state index in [1.165, 1.54) is 4.90 Å². The molecular weight excluding hydrogens is 632 g/mol. The summed E-state index contributed by atoms with van der Waals surface area (Å²) in [5, 5.41) is 1.05. The highest BCUT2D eigenvalue weighted by molar-refractivity contribution is 9.10. The summed E-state index contributed by atoms with van der Waals surface area (Å²) in [6.07, 6.45) is 5.02. The second-order valence-electron chi connectivity index (χ2n) is 11.2. The maximum absolute atomic E-state index is 13.4. The fourth-order valence-corrected chi connectivity index (χ4v) is 7.00. The van der Waals surface area contributed by atoms with Crippen LogP contribution in [0.25, 0.3) is 22.2 Å². The van der Waals surface area contributed by atoms with Gasteiger partial charge < -0.3 is 4.74 Å². The number of amides is 2. The van der Waals surface area contributed by atoms with Gasteiger partial charge in [-0.1, -0.05) is 70.0 Å². The van der Waals surface area contributed by atoms with Crippen molar-refractivity contribution in [3.8, 4) is 11.3 Å². The molecule has 2 bridgehead atoms. The van der Waals surface area contributed by atoms with Gasteiger partial charge in [0, 0.05) is 26.0 Å². The summed E-state index contributed by atoms with van der Waals surface area (Å²) < 4.78 is 6.30. The molecule has 4 atom stereocenters. The molecule has 4 unspecified atom stereocenters. The standard InChI is InChI=1S/C34H24BrClN2O5/c1-17-26(36)13-12-24-25(34(42)43-16-28(39)19-4-8-22(35)9-5-19)15-27(37-31(17)24)18-6-10-23(11-7-18)38-32(40)29-20-2-3-21(14-20)30(29)33(38)41/h2-13,15,20-21,29-30H,14,16H2,1H3. The summed E-state index contributed by atoms with van der Waals surface area (Å²) in [6.45, 7) is 1.40. The number of nitrogens with zero attached hydrogens (tertiary/aromatic N) is 2. The third-order valence-corrected chi connectivity index (χ3v) is 9.72. The quantitative estimate of drug-likeness (QED) is 0.0964. The molecule has 2 amide bonds. The van der Waals surface area contributed by atoms with Crippen molar-refractivity contribution < 1.29 is 23.9 Å². The molecule has 0 N–H and O–H groups in total. The van der Waals surface area contributed by atoms with E-state index >= 15 is 0 Å². The number of ketones is 1. The molecule has 9 heteroatoms. The minimum atomic E-state index is -0.666. The van der Waals surface area contributed by atoms with Gasteiger partial charge in [0.25, 0.3) is 0 Å². The molecule has 3 aliphatic rings. The number of aromatic nitrogens is 1. The summed E-state index contributed by atoms with van der Waals surface area (Å²) >= 11 is 9.75. The molecule has 0 spiro atoms. The number of carbonyl (C=O) groups excluding carboxylic acids is 4. The highest BCUT2D eigenvalue weighted by Crippen LogP contribution is 2.53. The van der Waals surface area contributed by atoms with Crippen molar-refractivity contribution in [1.82, 2.24) is 4.98 Å². The molecule has 2 fully saturated rings. The van der Waals surface area contributed by atoms with Crippen LogP contribution in [-0.2, 0) is 14.3 Å². The predicted octanol–water partition coefficient (Wildman–Crippen LogP) is 6.98. The summed E-state index contributed by atoms with van der Waals surface area (Å²) in [4.78, 5) is 58.7. The molecular formula is C34H24BrClN2O5. The summed E-state index contributed by atoms with van der Waals surface area (Å²) in [5.74, 6) is -1.56. The van der Waals surface area contributed by atoms with E-state index < -0.39 is 12.6 Å². The predicted molar refractivity (Wildman–Crippen MR) is 166 cm³/mol. The lowest BCUT2D eigenvalue weighted by molar-refractivity contribution is -0.123. The molecule has 1 aromatic heterocycles. The van der Waals surface area contributed by atoms with Crippen LogP contribution in [0.4, 0.5) is 5.69 Å². The van der Waals surface area contributed by atoms with Crippen LogP contribution in [-0.4, -0.2) is 35.2 Å². The molecule has 214 valence electrons.